The van der Waals surface area contributed by atoms with Crippen molar-refractivity contribution in [3.05, 3.63) is 51.0 Å². The van der Waals surface area contributed by atoms with E-state index in [1.807, 2.05) is 0 Å². The molecule has 0 aliphatic carbocycles. The minimum atomic E-state index is -2.65. The third-order valence-electron chi connectivity index (χ3n) is 2.77. The van der Waals surface area contributed by atoms with Crippen molar-refractivity contribution in [2.45, 2.75) is 6.43 Å². The fourth-order valence-electron chi connectivity index (χ4n) is 1.92. The molecule has 2 aromatic carbocycles. The summed E-state index contributed by atoms with van der Waals surface area (Å²) in [5.41, 5.74) is 0.653. The summed E-state index contributed by atoms with van der Waals surface area (Å²) in [6, 6.07) is 7.47. The van der Waals surface area contributed by atoms with E-state index in [0.29, 0.717) is 16.1 Å². The van der Waals surface area contributed by atoms with Crippen LogP contribution >= 0.6 is 34.8 Å². The summed E-state index contributed by atoms with van der Waals surface area (Å²) in [7, 11) is 1.32. The molecule has 6 heteroatoms. The second kappa shape index (κ2) is 6.17. The number of halogens is 5. The second-order valence-corrected chi connectivity index (χ2v) is 5.20. The molecule has 0 bridgehead atoms. The van der Waals surface area contributed by atoms with E-state index < -0.39 is 6.43 Å². The highest BCUT2D eigenvalue weighted by atomic mass is 35.5. The second-order valence-electron chi connectivity index (χ2n) is 3.98. The van der Waals surface area contributed by atoms with Crippen molar-refractivity contribution in [1.29, 1.82) is 0 Å². The van der Waals surface area contributed by atoms with Crippen molar-refractivity contribution in [2.75, 3.05) is 7.11 Å². The van der Waals surface area contributed by atoms with Gasteiger partial charge in [-0.25, -0.2) is 8.78 Å². The summed E-state index contributed by atoms with van der Waals surface area (Å²) in [5.74, 6) is 0.0581. The van der Waals surface area contributed by atoms with Gasteiger partial charge in [-0.1, -0.05) is 46.9 Å². The SMILES string of the molecule is COc1c(-c2cc(Cl)cc(Cl)c2Cl)cccc1C(F)F. The third kappa shape index (κ3) is 2.85. The van der Waals surface area contributed by atoms with Crippen LogP contribution in [0.3, 0.4) is 0 Å². The van der Waals surface area contributed by atoms with Crippen molar-refractivity contribution >= 4 is 34.8 Å². The molecule has 0 spiro atoms. The molecule has 1 nitrogen and oxygen atoms in total. The van der Waals surface area contributed by atoms with E-state index in [4.69, 9.17) is 39.5 Å². The van der Waals surface area contributed by atoms with Crippen LogP contribution in [0.25, 0.3) is 11.1 Å². The maximum atomic E-state index is 13.0. The van der Waals surface area contributed by atoms with Crippen molar-refractivity contribution in [1.82, 2.24) is 0 Å². The molecular weight excluding hydrogens is 329 g/mol. The lowest BCUT2D eigenvalue weighted by molar-refractivity contribution is 0.147. The molecule has 0 atom stereocenters. The monoisotopic (exact) mass is 336 g/mol. The topological polar surface area (TPSA) is 9.23 Å². The van der Waals surface area contributed by atoms with Gasteiger partial charge >= 0.3 is 0 Å². The largest absolute Gasteiger partial charge is 0.496 e. The first kappa shape index (κ1) is 15.4. The highest BCUT2D eigenvalue weighted by Gasteiger charge is 2.20. The minimum absolute atomic E-state index is 0.0581. The van der Waals surface area contributed by atoms with Gasteiger partial charge in [0.15, 0.2) is 0 Å². The van der Waals surface area contributed by atoms with E-state index in [9.17, 15) is 8.78 Å². The van der Waals surface area contributed by atoms with Crippen LogP contribution in [0.2, 0.25) is 15.1 Å². The molecule has 0 aliphatic rings. The normalized spacial score (nSPS) is 10.9. The van der Waals surface area contributed by atoms with Crippen molar-refractivity contribution < 1.29 is 13.5 Å². The molecule has 106 valence electrons. The summed E-state index contributed by atoms with van der Waals surface area (Å²) in [6.45, 7) is 0. The molecule has 0 unspecified atom stereocenters. The summed E-state index contributed by atoms with van der Waals surface area (Å²) < 4.78 is 31.1. The molecule has 0 amide bonds. The molecule has 0 heterocycles. The van der Waals surface area contributed by atoms with Crippen LogP contribution < -0.4 is 4.74 Å². The van der Waals surface area contributed by atoms with Crippen molar-refractivity contribution in [3.63, 3.8) is 0 Å². The average Bonchev–Trinajstić information content (AvgIpc) is 2.41. The van der Waals surface area contributed by atoms with Gasteiger partial charge in [-0.15, -0.1) is 0 Å². The minimum Gasteiger partial charge on any atom is -0.496 e. The van der Waals surface area contributed by atoms with E-state index in [2.05, 4.69) is 0 Å². The zero-order valence-electron chi connectivity index (χ0n) is 10.3. The Balaban J connectivity index is 2.73. The lowest BCUT2D eigenvalue weighted by Crippen LogP contribution is -1.96. The quantitative estimate of drug-likeness (QED) is 0.601. The fourth-order valence-corrected chi connectivity index (χ4v) is 2.62. The average molecular weight is 338 g/mol. The fraction of sp³-hybridized carbons (Fsp3) is 0.143. The summed E-state index contributed by atoms with van der Waals surface area (Å²) in [5, 5.41) is 0.846. The molecule has 2 aromatic rings. The van der Waals surface area contributed by atoms with Crippen LogP contribution in [-0.2, 0) is 0 Å². The lowest BCUT2D eigenvalue weighted by Gasteiger charge is -2.15. The van der Waals surface area contributed by atoms with E-state index in [1.165, 1.54) is 25.3 Å². The number of alkyl halides is 2. The number of ether oxygens (including phenoxy) is 1. The molecule has 0 saturated heterocycles. The maximum Gasteiger partial charge on any atom is 0.267 e. The van der Waals surface area contributed by atoms with Crippen LogP contribution in [0.15, 0.2) is 30.3 Å². The molecule has 0 radical (unpaired) electrons. The number of benzene rings is 2. The summed E-state index contributed by atoms with van der Waals surface area (Å²) in [4.78, 5) is 0. The standard InChI is InChI=1S/C14H9Cl3F2O/c1-20-13-8(3-2-4-9(13)14(18)19)10-5-7(15)6-11(16)12(10)17/h2-6,14H,1H3. The smallest absolute Gasteiger partial charge is 0.267 e. The highest BCUT2D eigenvalue weighted by Crippen LogP contribution is 2.43. The Morgan fingerprint density at radius 3 is 2.35 bits per heavy atom. The molecule has 0 fully saturated rings. The van der Waals surface area contributed by atoms with Crippen LogP contribution in [0, 0.1) is 0 Å². The number of hydrogen-bond donors (Lipinski definition) is 0. The Bertz CT molecular complexity index is 645. The van der Waals surface area contributed by atoms with Gasteiger partial charge in [-0.3, -0.25) is 0 Å². The summed E-state index contributed by atoms with van der Waals surface area (Å²) >= 11 is 18.0. The summed E-state index contributed by atoms with van der Waals surface area (Å²) in [6.07, 6.45) is -2.65. The van der Waals surface area contributed by atoms with Crippen LogP contribution in [-0.4, -0.2) is 7.11 Å². The first-order chi connectivity index (χ1) is 9.45. The predicted octanol–water partition coefficient (Wildman–Crippen LogP) is 6.26. The van der Waals surface area contributed by atoms with E-state index in [1.54, 1.807) is 12.1 Å². The van der Waals surface area contributed by atoms with Gasteiger partial charge in [0, 0.05) is 16.1 Å². The zero-order chi connectivity index (χ0) is 14.9. The molecule has 2 rings (SSSR count). The van der Waals surface area contributed by atoms with Gasteiger partial charge in [-0.2, -0.15) is 0 Å². The molecule has 0 N–H and O–H groups in total. The van der Waals surface area contributed by atoms with Gasteiger partial charge in [0.05, 0.1) is 22.7 Å². The van der Waals surface area contributed by atoms with Crippen molar-refractivity contribution in [2.24, 2.45) is 0 Å². The molecule has 0 aliphatic heterocycles. The zero-order valence-corrected chi connectivity index (χ0v) is 12.5. The Morgan fingerprint density at radius 1 is 1.05 bits per heavy atom. The predicted molar refractivity (Wildman–Crippen MR) is 78.4 cm³/mol. The molecule has 0 aromatic heterocycles. The number of rotatable bonds is 3. The third-order valence-corrected chi connectivity index (χ3v) is 3.79. The highest BCUT2D eigenvalue weighted by molar-refractivity contribution is 6.45. The lowest BCUT2D eigenvalue weighted by atomic mass is 10.0. The van der Waals surface area contributed by atoms with E-state index in [-0.39, 0.29) is 21.4 Å². The Kier molecular flexibility index (Phi) is 4.74. The van der Waals surface area contributed by atoms with E-state index >= 15 is 0 Å². The molecular formula is C14H9Cl3F2O. The van der Waals surface area contributed by atoms with Gasteiger partial charge in [0.25, 0.3) is 6.43 Å². The number of hydrogen-bond acceptors (Lipinski definition) is 1. The van der Waals surface area contributed by atoms with Gasteiger partial charge in [0.1, 0.15) is 5.75 Å². The number of methoxy groups -OCH3 is 1. The molecule has 0 saturated carbocycles. The van der Waals surface area contributed by atoms with Crippen LogP contribution in [0.4, 0.5) is 8.78 Å². The first-order valence-corrected chi connectivity index (χ1v) is 6.69. The van der Waals surface area contributed by atoms with Crippen LogP contribution in [0.1, 0.15) is 12.0 Å². The first-order valence-electron chi connectivity index (χ1n) is 5.55. The van der Waals surface area contributed by atoms with Crippen molar-refractivity contribution in [3.8, 4) is 16.9 Å². The van der Waals surface area contributed by atoms with E-state index in [0.717, 1.165) is 0 Å². The van der Waals surface area contributed by atoms with Gasteiger partial charge < -0.3 is 4.74 Å². The Hall–Kier alpha value is -1.03. The van der Waals surface area contributed by atoms with Gasteiger partial charge in [-0.05, 0) is 18.2 Å². The van der Waals surface area contributed by atoms with Crippen LogP contribution in [0.5, 0.6) is 5.75 Å². The Morgan fingerprint density at radius 2 is 1.75 bits per heavy atom. The maximum absolute atomic E-state index is 13.0. The number of para-hydroxylation sites is 1. The molecule has 20 heavy (non-hydrogen) atoms. The van der Waals surface area contributed by atoms with Gasteiger partial charge in [0.2, 0.25) is 0 Å². The Labute approximate surface area is 130 Å².